The fourth-order valence-corrected chi connectivity index (χ4v) is 1.84. The van der Waals surface area contributed by atoms with Crippen molar-refractivity contribution in [3.8, 4) is 0 Å². The number of rotatable bonds is 6. The molecule has 0 saturated carbocycles. The molecule has 1 amide bonds. The van der Waals surface area contributed by atoms with Crippen LogP contribution in [0.1, 0.15) is 33.6 Å². The van der Waals surface area contributed by atoms with Gasteiger partial charge in [0, 0.05) is 18.9 Å². The van der Waals surface area contributed by atoms with Crippen molar-refractivity contribution in [2.75, 3.05) is 19.0 Å². The topological polar surface area (TPSA) is 38.3 Å². The second-order valence-corrected chi connectivity index (χ2v) is 5.73. The minimum absolute atomic E-state index is 0.0378. The summed E-state index contributed by atoms with van der Waals surface area (Å²) in [6.45, 7) is 6.74. The van der Waals surface area contributed by atoms with Gasteiger partial charge in [0.1, 0.15) is 0 Å². The molecule has 0 aromatic carbocycles. The summed E-state index contributed by atoms with van der Waals surface area (Å²) in [6.07, 6.45) is 1.44. The number of hydrogen-bond acceptors (Lipinski definition) is 2. The Labute approximate surface area is 101 Å². The first-order valence-corrected chi connectivity index (χ1v) is 6.35. The summed E-state index contributed by atoms with van der Waals surface area (Å²) in [7, 11) is 1.65. The van der Waals surface area contributed by atoms with Crippen LogP contribution in [0.4, 0.5) is 0 Å². The number of nitrogens with one attached hydrogen (secondary N) is 1. The predicted molar refractivity (Wildman–Crippen MR) is 66.3 cm³/mol. The fraction of sp³-hybridized carbons (Fsp3) is 0.909. The van der Waals surface area contributed by atoms with Gasteiger partial charge in [-0.15, -0.1) is 0 Å². The van der Waals surface area contributed by atoms with E-state index in [0.29, 0.717) is 13.0 Å². The lowest BCUT2D eigenvalue weighted by molar-refractivity contribution is -0.123. The number of hydrogen-bond donors (Lipinski definition) is 1. The highest BCUT2D eigenvalue weighted by Crippen LogP contribution is 2.18. The lowest BCUT2D eigenvalue weighted by Crippen LogP contribution is -2.39. The summed E-state index contributed by atoms with van der Waals surface area (Å²) in [4.78, 5) is 11.6. The van der Waals surface area contributed by atoms with Crippen molar-refractivity contribution >= 4 is 21.8 Å². The zero-order valence-corrected chi connectivity index (χ0v) is 11.7. The van der Waals surface area contributed by atoms with Crippen LogP contribution in [0.3, 0.4) is 0 Å². The number of methoxy groups -OCH3 is 1. The Morgan fingerprint density at radius 3 is 2.47 bits per heavy atom. The Morgan fingerprint density at radius 1 is 1.47 bits per heavy atom. The molecule has 1 unspecified atom stereocenters. The Bertz CT molecular complexity index is 184. The van der Waals surface area contributed by atoms with Crippen molar-refractivity contribution in [3.63, 3.8) is 0 Å². The van der Waals surface area contributed by atoms with Crippen LogP contribution in [-0.2, 0) is 9.53 Å². The Hall–Kier alpha value is -0.0900. The van der Waals surface area contributed by atoms with Gasteiger partial charge < -0.3 is 10.1 Å². The van der Waals surface area contributed by atoms with Crippen molar-refractivity contribution in [1.29, 1.82) is 0 Å². The average molecular weight is 280 g/mol. The van der Waals surface area contributed by atoms with E-state index in [1.165, 1.54) is 0 Å². The molecule has 0 aromatic heterocycles. The van der Waals surface area contributed by atoms with Crippen LogP contribution < -0.4 is 5.32 Å². The molecular formula is C11H22BrNO2. The van der Waals surface area contributed by atoms with Crippen LogP contribution in [0.25, 0.3) is 0 Å². The normalized spacial score (nSPS) is 13.7. The van der Waals surface area contributed by atoms with Gasteiger partial charge in [-0.1, -0.05) is 36.7 Å². The summed E-state index contributed by atoms with van der Waals surface area (Å²) >= 11 is 3.36. The van der Waals surface area contributed by atoms with Crippen molar-refractivity contribution in [3.05, 3.63) is 0 Å². The number of alkyl halides is 1. The molecule has 1 atom stereocenters. The third kappa shape index (κ3) is 8.88. The highest BCUT2D eigenvalue weighted by atomic mass is 79.9. The van der Waals surface area contributed by atoms with Crippen LogP contribution in [0.15, 0.2) is 0 Å². The van der Waals surface area contributed by atoms with E-state index in [0.717, 1.165) is 11.8 Å². The van der Waals surface area contributed by atoms with Gasteiger partial charge in [-0.05, 0) is 11.8 Å². The number of halogens is 1. The van der Waals surface area contributed by atoms with Crippen LogP contribution >= 0.6 is 15.9 Å². The zero-order chi connectivity index (χ0) is 11.9. The third-order valence-electron chi connectivity index (χ3n) is 1.88. The molecule has 90 valence electrons. The van der Waals surface area contributed by atoms with Gasteiger partial charge in [-0.3, -0.25) is 4.79 Å². The van der Waals surface area contributed by atoms with Gasteiger partial charge in [-0.2, -0.15) is 0 Å². The molecule has 0 aromatic rings. The zero-order valence-electron chi connectivity index (χ0n) is 10.1. The molecule has 0 heterocycles. The number of ether oxygens (including phenoxy) is 1. The molecule has 0 rings (SSSR count). The molecule has 4 heteroatoms. The maximum atomic E-state index is 11.6. The van der Waals surface area contributed by atoms with Gasteiger partial charge in [0.15, 0.2) is 0 Å². The van der Waals surface area contributed by atoms with E-state index in [-0.39, 0.29) is 17.4 Å². The molecule has 0 radical (unpaired) electrons. The second-order valence-electron chi connectivity index (χ2n) is 4.93. The summed E-state index contributed by atoms with van der Waals surface area (Å²) in [5, 5.41) is 3.85. The quantitative estimate of drug-likeness (QED) is 0.758. The van der Waals surface area contributed by atoms with E-state index in [2.05, 4.69) is 42.0 Å². The molecule has 1 N–H and O–H groups in total. The highest BCUT2D eigenvalue weighted by Gasteiger charge is 2.18. The summed E-state index contributed by atoms with van der Waals surface area (Å²) in [5.74, 6) is 0.102. The molecule has 0 bridgehead atoms. The molecule has 0 fully saturated rings. The van der Waals surface area contributed by atoms with E-state index in [9.17, 15) is 4.79 Å². The molecule has 0 aliphatic carbocycles. The molecule has 0 spiro atoms. The van der Waals surface area contributed by atoms with Crippen LogP contribution in [0, 0.1) is 5.41 Å². The van der Waals surface area contributed by atoms with Crippen molar-refractivity contribution < 1.29 is 9.53 Å². The molecule has 0 aliphatic rings. The minimum Gasteiger partial charge on any atom is -0.383 e. The van der Waals surface area contributed by atoms with Gasteiger partial charge in [0.2, 0.25) is 5.91 Å². The number of carbonyl (C=O) groups is 1. The summed E-state index contributed by atoms with van der Waals surface area (Å²) < 4.78 is 5.05. The first-order valence-electron chi connectivity index (χ1n) is 5.23. The summed E-state index contributed by atoms with van der Waals surface area (Å²) in [5.41, 5.74) is 0.0378. The van der Waals surface area contributed by atoms with E-state index >= 15 is 0 Å². The van der Waals surface area contributed by atoms with Gasteiger partial charge in [0.25, 0.3) is 0 Å². The van der Waals surface area contributed by atoms with E-state index in [1.54, 1.807) is 7.11 Å². The maximum absolute atomic E-state index is 11.6. The lowest BCUT2D eigenvalue weighted by Gasteiger charge is -2.21. The van der Waals surface area contributed by atoms with Crippen LogP contribution in [-0.4, -0.2) is 31.0 Å². The smallest absolute Gasteiger partial charge is 0.220 e. The number of carbonyl (C=O) groups excluding carboxylic acids is 1. The first kappa shape index (κ1) is 14.9. The molecule has 15 heavy (non-hydrogen) atoms. The molecule has 3 nitrogen and oxygen atoms in total. The monoisotopic (exact) mass is 279 g/mol. The third-order valence-corrected chi connectivity index (χ3v) is 2.34. The van der Waals surface area contributed by atoms with Gasteiger partial charge >= 0.3 is 0 Å². The predicted octanol–water partition coefficient (Wildman–Crippen LogP) is 2.34. The largest absolute Gasteiger partial charge is 0.383 e. The fourth-order valence-electron chi connectivity index (χ4n) is 1.29. The highest BCUT2D eigenvalue weighted by molar-refractivity contribution is 9.09. The Kier molecular flexibility index (Phi) is 7.18. The van der Waals surface area contributed by atoms with Crippen molar-refractivity contribution in [1.82, 2.24) is 5.32 Å². The van der Waals surface area contributed by atoms with Crippen LogP contribution in [0.2, 0.25) is 0 Å². The standard InChI is InChI=1S/C11H22BrNO2/c1-11(2,3)7-10(14)13-9(5-6-12)8-15-4/h9H,5-8H2,1-4H3,(H,13,14). The Balaban J connectivity index is 3.99. The van der Waals surface area contributed by atoms with Crippen LogP contribution in [0.5, 0.6) is 0 Å². The Morgan fingerprint density at radius 2 is 2.07 bits per heavy atom. The molecular weight excluding hydrogens is 258 g/mol. The lowest BCUT2D eigenvalue weighted by atomic mass is 9.92. The van der Waals surface area contributed by atoms with E-state index in [4.69, 9.17) is 4.74 Å². The van der Waals surface area contributed by atoms with Gasteiger partial charge in [-0.25, -0.2) is 0 Å². The van der Waals surface area contributed by atoms with E-state index < -0.39 is 0 Å². The SMILES string of the molecule is COCC(CCBr)NC(=O)CC(C)(C)C. The second kappa shape index (κ2) is 7.23. The van der Waals surface area contributed by atoms with Crippen molar-refractivity contribution in [2.45, 2.75) is 39.7 Å². The molecule has 0 saturated heterocycles. The first-order chi connectivity index (χ1) is 6.89. The van der Waals surface area contributed by atoms with Crippen molar-refractivity contribution in [2.24, 2.45) is 5.41 Å². The maximum Gasteiger partial charge on any atom is 0.220 e. The average Bonchev–Trinajstić information content (AvgIpc) is 2.00. The van der Waals surface area contributed by atoms with Gasteiger partial charge in [0.05, 0.1) is 12.6 Å². The summed E-state index contributed by atoms with van der Waals surface area (Å²) in [6, 6.07) is 0.115. The minimum atomic E-state index is 0.0378. The molecule has 0 aliphatic heterocycles. The van der Waals surface area contributed by atoms with E-state index in [1.807, 2.05) is 0 Å². The number of amides is 1.